The van der Waals surface area contributed by atoms with Gasteiger partial charge in [0, 0.05) is 96.1 Å². The lowest BCUT2D eigenvalue weighted by Crippen LogP contribution is -2.62. The number of nitrogens with two attached hydrogens (primary N) is 2. The van der Waals surface area contributed by atoms with Crippen LogP contribution in [0.3, 0.4) is 0 Å². The fourth-order valence-electron chi connectivity index (χ4n) is 11.5. The largest absolute Gasteiger partial charge is 0.508 e. The van der Waals surface area contributed by atoms with Crippen molar-refractivity contribution < 1.29 is 87.5 Å². The van der Waals surface area contributed by atoms with Gasteiger partial charge in [-0.05, 0) is 58.9 Å². The Bertz CT molecular complexity index is 4350. The van der Waals surface area contributed by atoms with Crippen molar-refractivity contribution in [1.29, 1.82) is 0 Å². The molecule has 3 heterocycles. The molecule has 12 amide bonds. The number of carbonyl (C=O) groups excluding carboxylic acids is 12. The van der Waals surface area contributed by atoms with Crippen LogP contribution in [0.25, 0.3) is 21.8 Å². The molecule has 0 unspecified atom stereocenters. The second-order valence-corrected chi connectivity index (χ2v) is 26.5. The fourth-order valence-corrected chi connectivity index (χ4v) is 11.9. The van der Waals surface area contributed by atoms with Gasteiger partial charge in [0.1, 0.15) is 66.2 Å². The van der Waals surface area contributed by atoms with Crippen molar-refractivity contribution in [2.75, 3.05) is 24.7 Å². The molecule has 109 heavy (non-hydrogen) atoms. The number of phenols is 1. The number of phenolic OH excluding ortho intramolecular Hbond substituents is 1. The number of aromatic nitrogens is 4. The predicted molar refractivity (Wildman–Crippen MR) is 401 cm³/mol. The monoisotopic (exact) mass is 1540 g/mol. The van der Waals surface area contributed by atoms with E-state index in [0.29, 0.717) is 56.2 Å². The van der Waals surface area contributed by atoms with Crippen LogP contribution in [-0.2, 0) is 99.2 Å². The third kappa shape index (κ3) is 25.4. The van der Waals surface area contributed by atoms with Crippen molar-refractivity contribution in [1.82, 2.24) is 78.4 Å². The van der Waals surface area contributed by atoms with Crippen LogP contribution in [0.15, 0.2) is 128 Å². The van der Waals surface area contributed by atoms with Gasteiger partial charge in [-0.1, -0.05) is 99.1 Å². The molecule has 12 atom stereocenters. The summed E-state index contributed by atoms with van der Waals surface area (Å²) >= 11 is 8.29. The zero-order valence-electron chi connectivity index (χ0n) is 59.2. The van der Waals surface area contributed by atoms with Gasteiger partial charge in [0.25, 0.3) is 0 Å². The van der Waals surface area contributed by atoms with E-state index in [1.165, 1.54) is 43.0 Å². The lowest BCUT2D eigenvalue weighted by atomic mass is 9.96. The lowest BCUT2D eigenvalue weighted by molar-refractivity contribution is -0.142. The number of benzene rings is 4. The minimum Gasteiger partial charge on any atom is -0.508 e. The van der Waals surface area contributed by atoms with Crippen LogP contribution < -0.4 is 70.0 Å². The molecule has 0 radical (unpaired) electrons. The summed E-state index contributed by atoms with van der Waals surface area (Å²) in [7, 11) is 0. The van der Waals surface area contributed by atoms with E-state index in [1.54, 1.807) is 98.9 Å². The Morgan fingerprint density at radius 1 is 0.477 bits per heavy atom. The zero-order chi connectivity index (χ0) is 79.4. The number of imidazole rings is 1. The molecule has 0 aliphatic carbocycles. The summed E-state index contributed by atoms with van der Waals surface area (Å²) in [6, 6.07) is 10.1. The van der Waals surface area contributed by atoms with E-state index in [1.807, 2.05) is 0 Å². The summed E-state index contributed by atoms with van der Waals surface area (Å²) in [4.78, 5) is 207. The Labute approximate surface area is 634 Å². The number of fused-ring (bicyclic) bond motifs is 2. The van der Waals surface area contributed by atoms with Gasteiger partial charge in [0.15, 0.2) is 0 Å². The van der Waals surface area contributed by atoms with Gasteiger partial charge < -0.3 is 105 Å². The number of hydrogen-bond acceptors (Lipinski definition) is 20. The predicted octanol–water partition coefficient (Wildman–Crippen LogP) is -2.39. The summed E-state index contributed by atoms with van der Waals surface area (Å²) in [5.41, 5.74) is 14.4. The molecule has 0 aliphatic rings. The SMILES string of the molecule is CC[C@H](C)[C@H](NC(=O)[C@H](Cc1cnc[nH]1)NC(=O)[C@H](Cc1c[nH]c2ccccc12)NC(=O)[C@H](Cc1ccc(O)cc1)NC(=O)[C@H](CS)NC(=O)[C@H](CCC(=O)O)NC(=O)[C@H](Cc1c[nH]c2ccccc12)NC(=O)[C@H](CC(=O)O)NC(=O)[C@H](CO)NC(=O)[C@@H](N)CS)C(=O)N[C@@H](Cc1ccccc1)C(=O)NCC(N)=O. The number of aromatic hydroxyl groups is 1. The van der Waals surface area contributed by atoms with E-state index in [-0.39, 0.29) is 37.2 Å². The molecule has 22 N–H and O–H groups in total. The molecule has 7 aromatic rings. The summed E-state index contributed by atoms with van der Waals surface area (Å²) < 4.78 is 0. The number of aliphatic carboxylic acids is 2. The van der Waals surface area contributed by atoms with E-state index in [2.05, 4.69) is 104 Å². The third-order valence-corrected chi connectivity index (χ3v) is 18.4. The van der Waals surface area contributed by atoms with Gasteiger partial charge >= 0.3 is 11.9 Å². The van der Waals surface area contributed by atoms with E-state index < -0.39 is 200 Å². The number of aliphatic hydroxyl groups excluding tert-OH is 1. The molecule has 0 aliphatic heterocycles. The van der Waals surface area contributed by atoms with Gasteiger partial charge in [-0.25, -0.2) is 4.98 Å². The second kappa shape index (κ2) is 41.3. The van der Waals surface area contributed by atoms with Crippen LogP contribution in [0.5, 0.6) is 5.75 Å². The van der Waals surface area contributed by atoms with E-state index in [4.69, 9.17) is 11.5 Å². The maximum Gasteiger partial charge on any atom is 0.305 e. The Morgan fingerprint density at radius 3 is 1.42 bits per heavy atom. The van der Waals surface area contributed by atoms with Gasteiger partial charge in [-0.15, -0.1) is 0 Å². The third-order valence-electron chi connectivity index (χ3n) is 17.7. The fraction of sp³-hybridized carbons (Fsp3) is 0.375. The molecule has 4 aromatic carbocycles. The van der Waals surface area contributed by atoms with Crippen LogP contribution in [0, 0.1) is 5.92 Å². The highest BCUT2D eigenvalue weighted by Gasteiger charge is 2.39. The van der Waals surface area contributed by atoms with Gasteiger partial charge in [0.2, 0.25) is 70.9 Å². The number of aromatic amines is 3. The molecule has 35 nitrogen and oxygen atoms in total. The quantitative estimate of drug-likeness (QED) is 0.0177. The van der Waals surface area contributed by atoms with Crippen LogP contribution in [0.4, 0.5) is 0 Å². The number of nitrogens with zero attached hydrogens (tertiary/aromatic N) is 1. The number of thiol groups is 2. The van der Waals surface area contributed by atoms with Crippen molar-refractivity contribution in [3.8, 4) is 5.75 Å². The number of H-pyrrole nitrogens is 3. The summed E-state index contributed by atoms with van der Waals surface area (Å²) in [6.07, 6.45) is 2.24. The van der Waals surface area contributed by atoms with Gasteiger partial charge in [0.05, 0.1) is 31.9 Å². The number of nitrogens with one attached hydrogen (secondary N) is 14. The molecular formula is C72H89N17O18S2. The Balaban J connectivity index is 1.16. The number of aliphatic hydroxyl groups is 1. The minimum absolute atomic E-state index is 0.0324. The zero-order valence-corrected chi connectivity index (χ0v) is 61.0. The number of rotatable bonds is 43. The normalized spacial score (nSPS) is 14.5. The summed E-state index contributed by atoms with van der Waals surface area (Å²) in [5, 5.41) is 68.8. The molecule has 37 heteroatoms. The van der Waals surface area contributed by atoms with Crippen LogP contribution in [0.2, 0.25) is 0 Å². The summed E-state index contributed by atoms with van der Waals surface area (Å²) in [5.74, 6) is -16.7. The Morgan fingerprint density at radius 2 is 0.917 bits per heavy atom. The average Bonchev–Trinajstić information content (AvgIpc) is 1.75. The van der Waals surface area contributed by atoms with Crippen LogP contribution in [0.1, 0.15) is 67.5 Å². The van der Waals surface area contributed by atoms with Crippen molar-refractivity contribution in [2.24, 2.45) is 17.4 Å². The molecule has 582 valence electrons. The molecule has 0 spiro atoms. The minimum atomic E-state index is -2.00. The molecule has 0 saturated heterocycles. The lowest BCUT2D eigenvalue weighted by Gasteiger charge is -2.29. The number of primary amides is 1. The molecule has 3 aromatic heterocycles. The topological polar surface area (TPSA) is 565 Å². The highest BCUT2D eigenvalue weighted by Crippen LogP contribution is 2.23. The van der Waals surface area contributed by atoms with Crippen molar-refractivity contribution >= 4 is 130 Å². The van der Waals surface area contributed by atoms with Crippen molar-refractivity contribution in [3.05, 3.63) is 156 Å². The number of carbonyl (C=O) groups is 14. The number of carboxylic acid groups (broad SMARTS) is 2. The average molecular weight is 1540 g/mol. The number of para-hydroxylation sites is 2. The van der Waals surface area contributed by atoms with E-state index >= 15 is 9.59 Å². The first-order valence-electron chi connectivity index (χ1n) is 34.6. The molecular weight excluding hydrogens is 1460 g/mol. The first kappa shape index (κ1) is 84.4. The Kier molecular flexibility index (Phi) is 32.0. The molecule has 0 saturated carbocycles. The van der Waals surface area contributed by atoms with Gasteiger partial charge in [-0.3, -0.25) is 67.1 Å². The first-order chi connectivity index (χ1) is 52.1. The molecule has 0 bridgehead atoms. The molecule has 7 rings (SSSR count). The van der Waals surface area contributed by atoms with Crippen LogP contribution >= 0.6 is 25.3 Å². The molecule has 0 fully saturated rings. The highest BCUT2D eigenvalue weighted by atomic mass is 32.1. The Hall–Kier alpha value is -11.8. The smallest absolute Gasteiger partial charge is 0.305 e. The second-order valence-electron chi connectivity index (χ2n) is 25.8. The van der Waals surface area contributed by atoms with E-state index in [9.17, 15) is 78.0 Å². The van der Waals surface area contributed by atoms with Crippen molar-refractivity contribution in [3.63, 3.8) is 0 Å². The maximum atomic E-state index is 15.2. The summed E-state index contributed by atoms with van der Waals surface area (Å²) in [6.45, 7) is 1.87. The number of carboxylic acids is 2. The van der Waals surface area contributed by atoms with Crippen molar-refractivity contribution in [2.45, 2.75) is 138 Å². The standard InChI is InChI=1S/C72H89N17O18S2/c1-3-37(2)61(72(107)86-50(63(98)78-32-58(74)92)23-38-11-5-4-6-12-38)89-69(104)54(27-42-31-75-36-79-42)84-67(102)53(26-41-30-77-48-16-10-8-14-45(41)48)82-65(100)51(24-39-17-19-43(91)20-18-39)81-71(106)57(35-109)88-64(99)49(21-22-59(93)94)80-66(101)52(25-40-29-76-47-15-9-7-13-44(40)47)83-68(103)55(28-60(95)96)85-70(105)56(33-90)87-62(97)46(73)34-108/h4-20,29-31,36-37,46,49-57,61,76-77,90-91,108-109H,3,21-28,32-35,73H2,1-2H3,(H2,74,92)(H,75,79)(H,78,98)(H,80,101)(H,81,106)(H,82,100)(H,83,103)(H,84,102)(H,85,105)(H,86,107)(H,87,97)(H,88,99)(H,89,104)(H,93,94)(H,95,96)/t37-,46-,49-,50-,51-,52-,53-,54-,55-,56-,57-,61-/m0/s1. The van der Waals surface area contributed by atoms with E-state index in [0.717, 1.165) is 0 Å². The highest BCUT2D eigenvalue weighted by molar-refractivity contribution is 7.80. The van der Waals surface area contributed by atoms with Crippen LogP contribution in [-0.4, -0.2) is 214 Å². The number of hydrogen-bond donors (Lipinski definition) is 22. The maximum absolute atomic E-state index is 15.2. The van der Waals surface area contributed by atoms with Gasteiger partial charge in [-0.2, -0.15) is 25.3 Å². The number of amides is 12. The first-order valence-corrected chi connectivity index (χ1v) is 35.9.